The van der Waals surface area contributed by atoms with E-state index in [9.17, 15) is 22.0 Å². The smallest absolute Gasteiger partial charge is 0.410 e. The fourth-order valence-electron chi connectivity index (χ4n) is 2.48. The second kappa shape index (κ2) is 7.43. The average molecular weight is 362 g/mol. The molecule has 1 N–H and O–H groups in total. The minimum atomic E-state index is -3.80. The SMILES string of the molecule is CNS(=O)(=O)CC1CN(C(=O)OCc2ccccc2)CCC1(F)F. The Bertz CT molecular complexity index is 667. The molecule has 1 aromatic carbocycles. The second-order valence-electron chi connectivity index (χ2n) is 5.68. The van der Waals surface area contributed by atoms with E-state index >= 15 is 0 Å². The molecule has 1 aliphatic rings. The lowest BCUT2D eigenvalue weighted by Crippen LogP contribution is -2.52. The van der Waals surface area contributed by atoms with Crippen LogP contribution in [0.5, 0.6) is 0 Å². The molecule has 1 atom stereocenters. The quantitative estimate of drug-likeness (QED) is 0.867. The lowest BCUT2D eigenvalue weighted by Gasteiger charge is -2.37. The topological polar surface area (TPSA) is 75.7 Å². The van der Waals surface area contributed by atoms with Gasteiger partial charge >= 0.3 is 6.09 Å². The monoisotopic (exact) mass is 362 g/mol. The molecule has 1 heterocycles. The van der Waals surface area contributed by atoms with Crippen molar-refractivity contribution in [3.8, 4) is 0 Å². The molecule has 0 spiro atoms. The standard InChI is InChI=1S/C15H20F2N2O4S/c1-18-24(21,22)11-13-9-19(8-7-15(13,16)17)14(20)23-10-12-5-3-2-4-6-12/h2-6,13,18H,7-11H2,1H3. The van der Waals surface area contributed by atoms with Crippen LogP contribution in [-0.2, 0) is 21.4 Å². The molecule has 0 radical (unpaired) electrons. The Morgan fingerprint density at radius 3 is 2.67 bits per heavy atom. The predicted octanol–water partition coefficient (Wildman–Crippen LogP) is 1.83. The number of sulfonamides is 1. The molecule has 1 aliphatic heterocycles. The third kappa shape index (κ3) is 4.88. The Morgan fingerprint density at radius 2 is 2.04 bits per heavy atom. The Labute approximate surface area is 139 Å². The van der Waals surface area contributed by atoms with Crippen LogP contribution in [0, 0.1) is 5.92 Å². The highest BCUT2D eigenvalue weighted by Gasteiger charge is 2.47. The van der Waals surface area contributed by atoms with Gasteiger partial charge in [0, 0.05) is 19.5 Å². The van der Waals surface area contributed by atoms with Crippen molar-refractivity contribution in [1.82, 2.24) is 9.62 Å². The van der Waals surface area contributed by atoms with E-state index in [1.54, 1.807) is 24.3 Å². The van der Waals surface area contributed by atoms with Crippen LogP contribution in [0.3, 0.4) is 0 Å². The number of amides is 1. The van der Waals surface area contributed by atoms with Gasteiger partial charge in [-0.15, -0.1) is 0 Å². The fraction of sp³-hybridized carbons (Fsp3) is 0.533. The number of hydrogen-bond acceptors (Lipinski definition) is 4. The molecule has 1 amide bonds. The number of halogens is 2. The van der Waals surface area contributed by atoms with Gasteiger partial charge in [-0.05, 0) is 12.6 Å². The van der Waals surface area contributed by atoms with E-state index in [0.717, 1.165) is 10.5 Å². The number of hydrogen-bond donors (Lipinski definition) is 1. The van der Waals surface area contributed by atoms with Crippen molar-refractivity contribution >= 4 is 16.1 Å². The molecule has 134 valence electrons. The zero-order valence-corrected chi connectivity index (χ0v) is 14.1. The molecule has 0 aromatic heterocycles. The van der Waals surface area contributed by atoms with Crippen LogP contribution in [0.1, 0.15) is 12.0 Å². The lowest BCUT2D eigenvalue weighted by atomic mass is 9.95. The van der Waals surface area contributed by atoms with Gasteiger partial charge in [0.25, 0.3) is 5.92 Å². The summed E-state index contributed by atoms with van der Waals surface area (Å²) in [5, 5.41) is 0. The number of alkyl halides is 2. The summed E-state index contributed by atoms with van der Waals surface area (Å²) in [4.78, 5) is 13.2. The Hall–Kier alpha value is -1.74. The highest BCUT2D eigenvalue weighted by molar-refractivity contribution is 7.89. The molecule has 2 rings (SSSR count). The zero-order valence-electron chi connectivity index (χ0n) is 13.2. The Balaban J connectivity index is 1.97. The summed E-state index contributed by atoms with van der Waals surface area (Å²) in [6.07, 6.45) is -1.31. The Morgan fingerprint density at radius 1 is 1.38 bits per heavy atom. The number of carbonyl (C=O) groups is 1. The first-order chi connectivity index (χ1) is 11.2. The maximum atomic E-state index is 14.0. The van der Waals surface area contributed by atoms with Crippen molar-refractivity contribution in [2.24, 2.45) is 5.92 Å². The predicted molar refractivity (Wildman–Crippen MR) is 84.1 cm³/mol. The molecule has 0 bridgehead atoms. The van der Waals surface area contributed by atoms with Crippen LogP contribution < -0.4 is 4.72 Å². The molecule has 1 saturated heterocycles. The summed E-state index contributed by atoms with van der Waals surface area (Å²) in [6, 6.07) is 8.97. The van der Waals surface area contributed by atoms with Crippen molar-refractivity contribution in [3.05, 3.63) is 35.9 Å². The number of carbonyl (C=O) groups excluding carboxylic acids is 1. The molecule has 1 unspecified atom stereocenters. The summed E-state index contributed by atoms with van der Waals surface area (Å²) in [6.45, 7) is -0.496. The largest absolute Gasteiger partial charge is 0.445 e. The van der Waals surface area contributed by atoms with Gasteiger partial charge < -0.3 is 9.64 Å². The van der Waals surface area contributed by atoms with E-state index in [-0.39, 0.29) is 19.7 Å². The van der Waals surface area contributed by atoms with Gasteiger partial charge in [0.2, 0.25) is 10.0 Å². The van der Waals surface area contributed by atoms with Crippen molar-refractivity contribution in [2.45, 2.75) is 19.0 Å². The van der Waals surface area contributed by atoms with E-state index in [0.29, 0.717) is 0 Å². The van der Waals surface area contributed by atoms with Crippen LogP contribution in [0.25, 0.3) is 0 Å². The fourth-order valence-corrected chi connectivity index (χ4v) is 3.52. The van der Waals surface area contributed by atoms with E-state index in [1.807, 2.05) is 10.8 Å². The van der Waals surface area contributed by atoms with Gasteiger partial charge in [0.1, 0.15) is 6.61 Å². The summed E-state index contributed by atoms with van der Waals surface area (Å²) in [7, 11) is -2.63. The van der Waals surface area contributed by atoms with E-state index in [2.05, 4.69) is 0 Å². The average Bonchev–Trinajstić information content (AvgIpc) is 2.55. The highest BCUT2D eigenvalue weighted by atomic mass is 32.2. The van der Waals surface area contributed by atoms with Crippen LogP contribution in [0.2, 0.25) is 0 Å². The number of ether oxygens (including phenoxy) is 1. The molecule has 1 aromatic rings. The molecule has 6 nitrogen and oxygen atoms in total. The first kappa shape index (κ1) is 18.6. The number of piperidine rings is 1. The normalized spacial score (nSPS) is 20.6. The van der Waals surface area contributed by atoms with Crippen molar-refractivity contribution in [3.63, 3.8) is 0 Å². The minimum absolute atomic E-state index is 0.0338. The molecular formula is C15H20F2N2O4S. The maximum absolute atomic E-state index is 14.0. The van der Waals surface area contributed by atoms with Crippen LogP contribution >= 0.6 is 0 Å². The molecule has 0 aliphatic carbocycles. The van der Waals surface area contributed by atoms with Gasteiger partial charge in [0.05, 0.1) is 11.7 Å². The first-order valence-electron chi connectivity index (χ1n) is 7.48. The van der Waals surface area contributed by atoms with Crippen molar-refractivity contribution in [2.75, 3.05) is 25.9 Å². The summed E-state index contributed by atoms with van der Waals surface area (Å²) in [5.74, 6) is -5.34. The highest BCUT2D eigenvalue weighted by Crippen LogP contribution is 2.34. The molecule has 0 saturated carbocycles. The van der Waals surface area contributed by atoms with Crippen LogP contribution in [0.15, 0.2) is 30.3 Å². The molecule has 9 heteroatoms. The lowest BCUT2D eigenvalue weighted by molar-refractivity contribution is -0.0940. The van der Waals surface area contributed by atoms with Gasteiger partial charge in [-0.3, -0.25) is 0 Å². The van der Waals surface area contributed by atoms with E-state index in [4.69, 9.17) is 4.74 Å². The van der Waals surface area contributed by atoms with Gasteiger partial charge in [-0.2, -0.15) is 0 Å². The third-order valence-electron chi connectivity index (χ3n) is 3.95. The summed E-state index contributed by atoms with van der Waals surface area (Å²) >= 11 is 0. The number of benzene rings is 1. The van der Waals surface area contributed by atoms with E-state index < -0.39 is 40.1 Å². The summed E-state index contributed by atoms with van der Waals surface area (Å²) < 4.78 is 58.2. The number of nitrogens with zero attached hydrogens (tertiary/aromatic N) is 1. The Kier molecular flexibility index (Phi) is 5.76. The van der Waals surface area contributed by atoms with Gasteiger partial charge in [0.15, 0.2) is 0 Å². The number of rotatable bonds is 5. The van der Waals surface area contributed by atoms with Crippen molar-refractivity contribution in [1.29, 1.82) is 0 Å². The minimum Gasteiger partial charge on any atom is -0.445 e. The number of likely N-dealkylation sites (tertiary alicyclic amines) is 1. The van der Waals surface area contributed by atoms with Gasteiger partial charge in [-0.1, -0.05) is 30.3 Å². The second-order valence-corrected chi connectivity index (χ2v) is 7.65. The van der Waals surface area contributed by atoms with Crippen molar-refractivity contribution < 1.29 is 26.7 Å². The molecule has 24 heavy (non-hydrogen) atoms. The van der Waals surface area contributed by atoms with Crippen LogP contribution in [0.4, 0.5) is 13.6 Å². The van der Waals surface area contributed by atoms with E-state index in [1.165, 1.54) is 7.05 Å². The van der Waals surface area contributed by atoms with Crippen LogP contribution in [-0.4, -0.2) is 51.2 Å². The third-order valence-corrected chi connectivity index (χ3v) is 5.41. The summed E-state index contributed by atoms with van der Waals surface area (Å²) in [5.41, 5.74) is 0.780. The molecular weight excluding hydrogens is 342 g/mol. The van der Waals surface area contributed by atoms with Gasteiger partial charge in [-0.25, -0.2) is 26.7 Å². The maximum Gasteiger partial charge on any atom is 0.410 e. The first-order valence-corrected chi connectivity index (χ1v) is 9.13. The molecule has 1 fully saturated rings. The number of nitrogens with one attached hydrogen (secondary N) is 1. The zero-order chi connectivity index (χ0) is 17.8.